The summed E-state index contributed by atoms with van der Waals surface area (Å²) in [4.78, 5) is 29.7. The van der Waals surface area contributed by atoms with Gasteiger partial charge in [-0.25, -0.2) is 4.98 Å². The molecule has 0 bridgehead atoms. The summed E-state index contributed by atoms with van der Waals surface area (Å²) in [7, 11) is 0. The van der Waals surface area contributed by atoms with Crippen molar-refractivity contribution in [3.8, 4) is 0 Å². The number of carbonyl (C=O) groups excluding carboxylic acids is 1. The van der Waals surface area contributed by atoms with Crippen molar-refractivity contribution < 1.29 is 4.79 Å². The number of aliphatic imine (C=N–C) groups is 1. The number of imidazole rings is 1. The number of allylic oxidation sites excluding steroid dienone is 1. The molecule has 2 heterocycles. The van der Waals surface area contributed by atoms with Crippen molar-refractivity contribution in [1.29, 1.82) is 0 Å². The predicted molar refractivity (Wildman–Crippen MR) is 148 cm³/mol. The summed E-state index contributed by atoms with van der Waals surface area (Å²) >= 11 is 0. The number of benzene rings is 2. The number of anilines is 1. The minimum Gasteiger partial charge on any atom is -0.372 e. The third kappa shape index (κ3) is 7.25. The van der Waals surface area contributed by atoms with Crippen molar-refractivity contribution in [2.75, 3.05) is 24.5 Å². The zero-order valence-electron chi connectivity index (χ0n) is 21.5. The molecule has 36 heavy (non-hydrogen) atoms. The highest BCUT2D eigenvalue weighted by Gasteiger charge is 2.14. The molecule has 1 aliphatic rings. The first kappa shape index (κ1) is 25.6. The molecular weight excluding hydrogens is 446 g/mol. The van der Waals surface area contributed by atoms with Gasteiger partial charge in [0.25, 0.3) is 0 Å². The second-order valence-electron chi connectivity index (χ2n) is 9.42. The van der Waals surface area contributed by atoms with Crippen LogP contribution in [0.25, 0.3) is 0 Å². The second kappa shape index (κ2) is 13.0. The number of aromatic nitrogens is 2. The SMILES string of the molecule is CCCN(CCC)c1ccc(CC(=O)c2ccc(CN(CC3=NC=CC3)Cc3ncc[nH]3)cc2)cc1. The van der Waals surface area contributed by atoms with Crippen LogP contribution in [0.4, 0.5) is 5.69 Å². The average molecular weight is 484 g/mol. The summed E-state index contributed by atoms with van der Waals surface area (Å²) in [6.07, 6.45) is 11.2. The largest absolute Gasteiger partial charge is 0.372 e. The molecule has 3 aromatic rings. The lowest BCUT2D eigenvalue weighted by Gasteiger charge is -2.24. The summed E-state index contributed by atoms with van der Waals surface area (Å²) in [5, 5.41) is 0. The molecule has 6 nitrogen and oxygen atoms in total. The molecule has 0 radical (unpaired) electrons. The maximum Gasteiger partial charge on any atom is 0.167 e. The molecule has 2 aromatic carbocycles. The van der Waals surface area contributed by atoms with E-state index in [2.05, 4.69) is 81.1 Å². The lowest BCUT2D eigenvalue weighted by atomic mass is 10.0. The summed E-state index contributed by atoms with van der Waals surface area (Å²) in [5.74, 6) is 1.08. The van der Waals surface area contributed by atoms with E-state index < -0.39 is 0 Å². The molecule has 4 rings (SSSR count). The van der Waals surface area contributed by atoms with Gasteiger partial charge in [0.1, 0.15) is 5.82 Å². The Morgan fingerprint density at radius 3 is 2.25 bits per heavy atom. The quantitative estimate of drug-likeness (QED) is 0.293. The van der Waals surface area contributed by atoms with E-state index in [1.807, 2.05) is 24.5 Å². The van der Waals surface area contributed by atoms with E-state index in [0.717, 1.165) is 74.6 Å². The van der Waals surface area contributed by atoms with E-state index in [0.29, 0.717) is 6.42 Å². The number of ketones is 1. The fourth-order valence-corrected chi connectivity index (χ4v) is 4.60. The Balaban J connectivity index is 1.36. The van der Waals surface area contributed by atoms with E-state index >= 15 is 0 Å². The number of carbonyl (C=O) groups is 1. The molecule has 1 N–H and O–H groups in total. The van der Waals surface area contributed by atoms with E-state index in [1.54, 1.807) is 6.20 Å². The summed E-state index contributed by atoms with van der Waals surface area (Å²) in [6.45, 7) is 8.81. The molecule has 188 valence electrons. The first-order valence-electron chi connectivity index (χ1n) is 13.0. The van der Waals surface area contributed by atoms with Crippen LogP contribution in [-0.2, 0) is 19.5 Å². The minimum absolute atomic E-state index is 0.145. The predicted octanol–water partition coefficient (Wildman–Crippen LogP) is 5.82. The van der Waals surface area contributed by atoms with Crippen LogP contribution in [0, 0.1) is 0 Å². The molecule has 1 aromatic heterocycles. The standard InChI is InChI=1S/C30H37N5O/c1-3-18-35(19-4-2)28-13-9-24(10-14-28)20-29(36)26-11-7-25(8-12-26)21-34(22-27-6-5-15-31-27)23-30-32-16-17-33-30/h5,7-17H,3-4,6,18-23H2,1-2H3,(H,32,33). The monoisotopic (exact) mass is 483 g/mol. The van der Waals surface area contributed by atoms with Crippen molar-refractivity contribution in [2.24, 2.45) is 4.99 Å². The van der Waals surface area contributed by atoms with Crippen LogP contribution >= 0.6 is 0 Å². The highest BCUT2D eigenvalue weighted by molar-refractivity contribution is 5.97. The first-order chi connectivity index (χ1) is 17.6. The highest BCUT2D eigenvalue weighted by atomic mass is 16.1. The normalized spacial score (nSPS) is 12.8. The van der Waals surface area contributed by atoms with Crippen molar-refractivity contribution >= 4 is 17.2 Å². The molecule has 0 fully saturated rings. The number of Topliss-reactive ketones (excluding diaryl/α,β-unsaturated/α-hetero) is 1. The van der Waals surface area contributed by atoms with Gasteiger partial charge >= 0.3 is 0 Å². The van der Waals surface area contributed by atoms with Gasteiger partial charge < -0.3 is 9.88 Å². The Bertz CT molecular complexity index is 1140. The number of nitrogens with one attached hydrogen (secondary N) is 1. The molecule has 6 heteroatoms. The Hall–Kier alpha value is -3.51. The van der Waals surface area contributed by atoms with Gasteiger partial charge in [-0.2, -0.15) is 0 Å². The van der Waals surface area contributed by atoms with Gasteiger partial charge in [0.15, 0.2) is 5.78 Å². The Kier molecular flexibility index (Phi) is 9.22. The maximum absolute atomic E-state index is 13.0. The van der Waals surface area contributed by atoms with Crippen LogP contribution in [0.3, 0.4) is 0 Å². The zero-order valence-corrected chi connectivity index (χ0v) is 21.5. The van der Waals surface area contributed by atoms with E-state index in [1.165, 1.54) is 11.3 Å². The van der Waals surface area contributed by atoms with Gasteiger partial charge in [-0.05, 0) is 36.1 Å². The molecule has 0 aliphatic carbocycles. The van der Waals surface area contributed by atoms with Gasteiger partial charge in [0.05, 0.1) is 6.54 Å². The van der Waals surface area contributed by atoms with E-state index in [4.69, 9.17) is 0 Å². The van der Waals surface area contributed by atoms with Gasteiger partial charge in [0, 0.05) is 74.6 Å². The fraction of sp³-hybridized carbons (Fsp3) is 0.367. The minimum atomic E-state index is 0.145. The van der Waals surface area contributed by atoms with Crippen molar-refractivity contribution in [3.63, 3.8) is 0 Å². The van der Waals surface area contributed by atoms with Gasteiger partial charge in [-0.15, -0.1) is 0 Å². The lowest BCUT2D eigenvalue weighted by Crippen LogP contribution is -2.29. The molecule has 1 aliphatic heterocycles. The first-order valence-corrected chi connectivity index (χ1v) is 13.0. The van der Waals surface area contributed by atoms with Crippen molar-refractivity contribution in [3.05, 3.63) is 95.7 Å². The highest BCUT2D eigenvalue weighted by Crippen LogP contribution is 2.18. The number of hydrogen-bond donors (Lipinski definition) is 1. The fourth-order valence-electron chi connectivity index (χ4n) is 4.60. The van der Waals surface area contributed by atoms with E-state index in [-0.39, 0.29) is 5.78 Å². The van der Waals surface area contributed by atoms with Crippen LogP contribution in [0.1, 0.15) is 60.4 Å². The number of rotatable bonds is 14. The summed E-state index contributed by atoms with van der Waals surface area (Å²) < 4.78 is 0. The number of nitrogens with zero attached hydrogens (tertiary/aromatic N) is 4. The second-order valence-corrected chi connectivity index (χ2v) is 9.42. The van der Waals surface area contributed by atoms with Crippen molar-refractivity contribution in [2.45, 2.75) is 52.6 Å². The van der Waals surface area contributed by atoms with Crippen molar-refractivity contribution in [1.82, 2.24) is 14.9 Å². The summed E-state index contributed by atoms with van der Waals surface area (Å²) in [5.41, 5.74) is 5.37. The lowest BCUT2D eigenvalue weighted by molar-refractivity contribution is 0.0993. The topological polar surface area (TPSA) is 64.6 Å². The molecule has 0 saturated carbocycles. The molecular formula is C30H37N5O. The zero-order chi connectivity index (χ0) is 25.2. The Morgan fingerprint density at radius 2 is 1.64 bits per heavy atom. The molecule has 0 atom stereocenters. The smallest absolute Gasteiger partial charge is 0.167 e. The Morgan fingerprint density at radius 1 is 0.917 bits per heavy atom. The van der Waals surface area contributed by atoms with Crippen LogP contribution in [-0.4, -0.2) is 46.0 Å². The van der Waals surface area contributed by atoms with Crippen LogP contribution in [0.2, 0.25) is 0 Å². The third-order valence-electron chi connectivity index (χ3n) is 6.39. The third-order valence-corrected chi connectivity index (χ3v) is 6.39. The van der Waals surface area contributed by atoms with Crippen LogP contribution in [0.5, 0.6) is 0 Å². The van der Waals surface area contributed by atoms with Crippen LogP contribution in [0.15, 0.2) is 78.2 Å². The maximum atomic E-state index is 13.0. The molecule has 0 spiro atoms. The molecule has 0 amide bonds. The number of H-pyrrole nitrogens is 1. The molecule has 0 unspecified atom stereocenters. The van der Waals surface area contributed by atoms with Gasteiger partial charge in [0.2, 0.25) is 0 Å². The van der Waals surface area contributed by atoms with E-state index in [9.17, 15) is 4.79 Å². The average Bonchev–Trinajstić information content (AvgIpc) is 3.59. The summed E-state index contributed by atoms with van der Waals surface area (Å²) in [6, 6.07) is 16.5. The van der Waals surface area contributed by atoms with Gasteiger partial charge in [-0.1, -0.05) is 56.3 Å². The number of aromatic amines is 1. The van der Waals surface area contributed by atoms with Crippen LogP contribution < -0.4 is 4.90 Å². The number of hydrogen-bond acceptors (Lipinski definition) is 5. The Labute approximate surface area is 214 Å². The molecule has 0 saturated heterocycles. The van der Waals surface area contributed by atoms with Gasteiger partial charge in [-0.3, -0.25) is 14.7 Å².